The van der Waals surface area contributed by atoms with Gasteiger partial charge >= 0.3 is 11.9 Å². The van der Waals surface area contributed by atoms with Gasteiger partial charge in [-0.25, -0.2) is 9.59 Å². The van der Waals surface area contributed by atoms with E-state index in [9.17, 15) is 14.4 Å². The number of amides is 1. The van der Waals surface area contributed by atoms with Crippen LogP contribution in [0.2, 0.25) is 10.0 Å². The molecule has 0 atom stereocenters. The third-order valence-corrected chi connectivity index (χ3v) is 3.72. The number of rotatable bonds is 5. The van der Waals surface area contributed by atoms with Gasteiger partial charge in [-0.05, 0) is 35.9 Å². The van der Waals surface area contributed by atoms with Crippen LogP contribution in [-0.2, 0) is 11.2 Å². The molecule has 0 aliphatic heterocycles. The molecule has 3 N–H and O–H groups in total. The van der Waals surface area contributed by atoms with Crippen molar-refractivity contribution < 1.29 is 24.6 Å². The molecule has 124 valence electrons. The zero-order valence-electron chi connectivity index (χ0n) is 12.0. The van der Waals surface area contributed by atoms with E-state index in [0.717, 1.165) is 18.2 Å². The Morgan fingerprint density at radius 3 is 2.25 bits per heavy atom. The van der Waals surface area contributed by atoms with E-state index in [0.29, 0.717) is 15.6 Å². The van der Waals surface area contributed by atoms with Crippen molar-refractivity contribution in [3.63, 3.8) is 0 Å². The summed E-state index contributed by atoms with van der Waals surface area (Å²) in [4.78, 5) is 34.3. The molecule has 0 fully saturated rings. The van der Waals surface area contributed by atoms with Crippen molar-refractivity contribution in [2.45, 2.75) is 6.42 Å². The van der Waals surface area contributed by atoms with Gasteiger partial charge in [0.1, 0.15) is 0 Å². The van der Waals surface area contributed by atoms with Crippen molar-refractivity contribution in [3.05, 3.63) is 63.1 Å². The second-order valence-electron chi connectivity index (χ2n) is 4.83. The molecule has 0 saturated heterocycles. The fourth-order valence-corrected chi connectivity index (χ4v) is 2.47. The van der Waals surface area contributed by atoms with Crippen molar-refractivity contribution in [1.29, 1.82) is 0 Å². The number of carbonyl (C=O) groups is 3. The van der Waals surface area contributed by atoms with Crippen LogP contribution in [0.4, 0.5) is 5.69 Å². The van der Waals surface area contributed by atoms with Crippen LogP contribution in [0.25, 0.3) is 0 Å². The average Bonchev–Trinajstić information content (AvgIpc) is 2.49. The Kier molecular flexibility index (Phi) is 5.43. The van der Waals surface area contributed by atoms with Crippen LogP contribution in [-0.4, -0.2) is 28.1 Å². The summed E-state index contributed by atoms with van der Waals surface area (Å²) in [5.41, 5.74) is 0.0534. The standard InChI is InChI=1S/C16H11Cl2NO5/c17-10-3-1-8(12(18)7-10)6-14(20)19-13-5-9(15(21)22)2-4-11(13)16(23)24/h1-5,7H,6H2,(H,19,20)(H,21,22)(H,23,24). The lowest BCUT2D eigenvalue weighted by atomic mass is 10.1. The smallest absolute Gasteiger partial charge is 0.337 e. The lowest BCUT2D eigenvalue weighted by molar-refractivity contribution is -0.115. The highest BCUT2D eigenvalue weighted by molar-refractivity contribution is 6.35. The number of anilines is 1. The first-order valence-corrected chi connectivity index (χ1v) is 7.38. The monoisotopic (exact) mass is 367 g/mol. The molecule has 0 aromatic heterocycles. The van der Waals surface area contributed by atoms with E-state index in [-0.39, 0.29) is 23.2 Å². The lowest BCUT2D eigenvalue weighted by Crippen LogP contribution is -2.17. The van der Waals surface area contributed by atoms with Gasteiger partial charge in [0.25, 0.3) is 0 Å². The molecule has 2 aromatic carbocycles. The predicted octanol–water partition coefficient (Wildman–Crippen LogP) is 3.57. The van der Waals surface area contributed by atoms with E-state index in [1.165, 1.54) is 6.07 Å². The van der Waals surface area contributed by atoms with Gasteiger partial charge in [-0.1, -0.05) is 29.3 Å². The maximum Gasteiger partial charge on any atom is 0.337 e. The van der Waals surface area contributed by atoms with Crippen LogP contribution < -0.4 is 5.32 Å². The molecule has 0 aliphatic carbocycles. The fourth-order valence-electron chi connectivity index (χ4n) is 2.00. The van der Waals surface area contributed by atoms with Crippen molar-refractivity contribution in [2.75, 3.05) is 5.32 Å². The highest BCUT2D eigenvalue weighted by Crippen LogP contribution is 2.23. The summed E-state index contributed by atoms with van der Waals surface area (Å²) < 4.78 is 0. The Hall–Kier alpha value is -2.57. The van der Waals surface area contributed by atoms with E-state index in [4.69, 9.17) is 33.4 Å². The molecule has 0 heterocycles. The first-order valence-electron chi connectivity index (χ1n) is 6.62. The summed E-state index contributed by atoms with van der Waals surface area (Å²) in [5, 5.41) is 21.2. The van der Waals surface area contributed by atoms with Crippen LogP contribution in [0.3, 0.4) is 0 Å². The second-order valence-corrected chi connectivity index (χ2v) is 5.67. The van der Waals surface area contributed by atoms with Crippen LogP contribution in [0, 0.1) is 0 Å². The number of hydrogen-bond acceptors (Lipinski definition) is 3. The zero-order valence-corrected chi connectivity index (χ0v) is 13.6. The highest BCUT2D eigenvalue weighted by Gasteiger charge is 2.16. The van der Waals surface area contributed by atoms with Crippen molar-refractivity contribution in [2.24, 2.45) is 0 Å². The van der Waals surface area contributed by atoms with Gasteiger partial charge in [0.2, 0.25) is 5.91 Å². The number of carboxylic acids is 2. The van der Waals surface area contributed by atoms with Crippen LogP contribution in [0.15, 0.2) is 36.4 Å². The van der Waals surface area contributed by atoms with Gasteiger partial charge in [-0.3, -0.25) is 4.79 Å². The summed E-state index contributed by atoms with van der Waals surface area (Å²) in [7, 11) is 0. The largest absolute Gasteiger partial charge is 0.478 e. The Bertz CT molecular complexity index is 835. The number of carboxylic acid groups (broad SMARTS) is 2. The van der Waals surface area contributed by atoms with Gasteiger partial charge < -0.3 is 15.5 Å². The molecule has 2 rings (SSSR count). The molecule has 8 heteroatoms. The van der Waals surface area contributed by atoms with Crippen molar-refractivity contribution >= 4 is 46.7 Å². The van der Waals surface area contributed by atoms with Gasteiger partial charge in [0.05, 0.1) is 23.2 Å². The van der Waals surface area contributed by atoms with E-state index >= 15 is 0 Å². The number of benzene rings is 2. The minimum atomic E-state index is -1.29. The molecule has 2 aromatic rings. The quantitative estimate of drug-likeness (QED) is 0.749. The zero-order chi connectivity index (χ0) is 17.9. The summed E-state index contributed by atoms with van der Waals surface area (Å²) >= 11 is 11.8. The van der Waals surface area contributed by atoms with Gasteiger partial charge in [-0.15, -0.1) is 0 Å². The maximum absolute atomic E-state index is 12.1. The van der Waals surface area contributed by atoms with E-state index in [2.05, 4.69) is 5.32 Å². The molecule has 0 aliphatic rings. The number of aromatic carboxylic acids is 2. The normalized spacial score (nSPS) is 10.2. The fraction of sp³-hybridized carbons (Fsp3) is 0.0625. The molecule has 0 radical (unpaired) electrons. The molecular formula is C16H11Cl2NO5. The van der Waals surface area contributed by atoms with Crippen molar-refractivity contribution in [1.82, 2.24) is 0 Å². The second kappa shape index (κ2) is 7.33. The van der Waals surface area contributed by atoms with E-state index in [1.54, 1.807) is 12.1 Å². The number of hydrogen-bond donors (Lipinski definition) is 3. The Morgan fingerprint density at radius 1 is 0.958 bits per heavy atom. The molecule has 0 spiro atoms. The maximum atomic E-state index is 12.1. The minimum Gasteiger partial charge on any atom is -0.478 e. The lowest BCUT2D eigenvalue weighted by Gasteiger charge is -2.10. The number of nitrogens with one attached hydrogen (secondary N) is 1. The third-order valence-electron chi connectivity index (χ3n) is 3.14. The SMILES string of the molecule is O=C(Cc1ccc(Cl)cc1Cl)Nc1cc(C(=O)O)ccc1C(=O)O. The molecule has 0 bridgehead atoms. The summed E-state index contributed by atoms with van der Waals surface area (Å²) in [6.07, 6.45) is -0.119. The van der Waals surface area contributed by atoms with Crippen LogP contribution in [0.5, 0.6) is 0 Å². The average molecular weight is 368 g/mol. The van der Waals surface area contributed by atoms with E-state index in [1.807, 2.05) is 0 Å². The molecule has 0 unspecified atom stereocenters. The van der Waals surface area contributed by atoms with Gasteiger partial charge in [0, 0.05) is 10.0 Å². The molecule has 24 heavy (non-hydrogen) atoms. The summed E-state index contributed by atoms with van der Waals surface area (Å²) in [5.74, 6) is -3.06. The van der Waals surface area contributed by atoms with Crippen molar-refractivity contribution in [3.8, 4) is 0 Å². The molecule has 6 nitrogen and oxygen atoms in total. The third kappa shape index (κ3) is 4.24. The van der Waals surface area contributed by atoms with Gasteiger partial charge in [0.15, 0.2) is 0 Å². The van der Waals surface area contributed by atoms with Crippen LogP contribution >= 0.6 is 23.2 Å². The number of carbonyl (C=O) groups excluding carboxylic acids is 1. The predicted molar refractivity (Wildman–Crippen MR) is 89.2 cm³/mol. The topological polar surface area (TPSA) is 104 Å². The number of halogens is 2. The van der Waals surface area contributed by atoms with Gasteiger partial charge in [-0.2, -0.15) is 0 Å². The van der Waals surface area contributed by atoms with E-state index < -0.39 is 17.8 Å². The first kappa shape index (κ1) is 17.8. The Labute approximate surface area is 146 Å². The summed E-state index contributed by atoms with van der Waals surface area (Å²) in [6, 6.07) is 8.00. The molecule has 0 saturated carbocycles. The highest BCUT2D eigenvalue weighted by atomic mass is 35.5. The first-order chi connectivity index (χ1) is 11.3. The summed E-state index contributed by atoms with van der Waals surface area (Å²) in [6.45, 7) is 0. The molecule has 1 amide bonds. The minimum absolute atomic E-state index is 0.0996. The Balaban J connectivity index is 2.25. The molecular weight excluding hydrogens is 357 g/mol. The van der Waals surface area contributed by atoms with Crippen LogP contribution in [0.1, 0.15) is 26.3 Å². The Morgan fingerprint density at radius 2 is 1.67 bits per heavy atom.